The molecule has 9 heteroatoms. The molecule has 0 amide bonds. The second-order valence-corrected chi connectivity index (χ2v) is 9.68. The van der Waals surface area contributed by atoms with E-state index in [9.17, 15) is 0 Å². The maximum absolute atomic E-state index is 6.34. The van der Waals surface area contributed by atoms with Crippen molar-refractivity contribution in [2.75, 3.05) is 18.8 Å². The van der Waals surface area contributed by atoms with E-state index in [2.05, 4.69) is 39.5 Å². The van der Waals surface area contributed by atoms with E-state index in [4.69, 9.17) is 20.1 Å². The van der Waals surface area contributed by atoms with Crippen LogP contribution in [0.15, 0.2) is 35.1 Å². The summed E-state index contributed by atoms with van der Waals surface area (Å²) < 4.78 is 13.9. The summed E-state index contributed by atoms with van der Waals surface area (Å²) in [5.74, 6) is 2.58. The van der Waals surface area contributed by atoms with Crippen molar-refractivity contribution in [1.29, 1.82) is 0 Å². The number of nitrogen functional groups attached to an aromatic ring is 1. The lowest BCUT2D eigenvalue weighted by molar-refractivity contribution is 0.142. The molecule has 0 spiro atoms. The van der Waals surface area contributed by atoms with Gasteiger partial charge in [-0.25, -0.2) is 14.6 Å². The third-order valence-electron chi connectivity index (χ3n) is 7.06. The molecule has 2 saturated carbocycles. The Morgan fingerprint density at radius 3 is 2.58 bits per heavy atom. The number of aromatic nitrogens is 5. The largest absolute Gasteiger partial charge is 0.488 e. The van der Waals surface area contributed by atoms with Gasteiger partial charge < -0.3 is 20.3 Å². The third kappa shape index (κ3) is 3.02. The first-order valence-electron chi connectivity index (χ1n) is 11.6. The standard InChI is InChI=1S/C24H25N7O2/c1-24(8-9-24)31-23-18(22(25)27-12-28-23)19(29-31)20-17(21(33-30-20)14-2-3-14)13-4-6-15(7-5-13)32-16-10-26-11-16/h4-7,12,14,16,26H,2-3,8-11H2,1H3,(H2,25,27,28). The molecule has 0 atom stereocenters. The Morgan fingerprint density at radius 1 is 1.12 bits per heavy atom. The number of benzene rings is 1. The summed E-state index contributed by atoms with van der Waals surface area (Å²) in [6.07, 6.45) is 6.08. The van der Waals surface area contributed by atoms with E-state index >= 15 is 0 Å². The summed E-state index contributed by atoms with van der Waals surface area (Å²) in [5.41, 5.74) is 10.4. The number of ether oxygens (including phenoxy) is 1. The number of fused-ring (bicyclic) bond motifs is 1. The highest BCUT2D eigenvalue weighted by atomic mass is 16.5. The van der Waals surface area contributed by atoms with Crippen LogP contribution in [0.5, 0.6) is 5.75 Å². The van der Waals surface area contributed by atoms with Gasteiger partial charge in [0.2, 0.25) is 0 Å². The fourth-order valence-corrected chi connectivity index (χ4v) is 4.52. The van der Waals surface area contributed by atoms with Gasteiger partial charge in [-0.15, -0.1) is 0 Å². The predicted molar refractivity (Wildman–Crippen MR) is 123 cm³/mol. The molecule has 3 aliphatic rings. The Labute approximate surface area is 190 Å². The summed E-state index contributed by atoms with van der Waals surface area (Å²) >= 11 is 0. The summed E-state index contributed by atoms with van der Waals surface area (Å²) in [7, 11) is 0. The van der Waals surface area contributed by atoms with Gasteiger partial charge in [0.15, 0.2) is 5.65 Å². The highest BCUT2D eigenvalue weighted by Gasteiger charge is 2.43. The van der Waals surface area contributed by atoms with Crippen LogP contribution in [0, 0.1) is 0 Å². The van der Waals surface area contributed by atoms with Gasteiger partial charge in [-0.3, -0.25) is 0 Å². The lowest BCUT2D eigenvalue weighted by Crippen LogP contribution is -2.50. The lowest BCUT2D eigenvalue weighted by Gasteiger charge is -2.27. The monoisotopic (exact) mass is 443 g/mol. The van der Waals surface area contributed by atoms with Gasteiger partial charge in [-0.05, 0) is 50.3 Å². The minimum atomic E-state index is -0.0458. The zero-order chi connectivity index (χ0) is 22.2. The smallest absolute Gasteiger partial charge is 0.164 e. The van der Waals surface area contributed by atoms with E-state index in [1.54, 1.807) is 0 Å². The molecular formula is C24H25N7O2. The number of rotatable bonds is 6. The van der Waals surface area contributed by atoms with Crippen molar-refractivity contribution in [3.63, 3.8) is 0 Å². The molecule has 7 rings (SSSR count). The zero-order valence-electron chi connectivity index (χ0n) is 18.4. The van der Waals surface area contributed by atoms with Crippen LogP contribution in [0.3, 0.4) is 0 Å². The molecule has 3 N–H and O–H groups in total. The van der Waals surface area contributed by atoms with E-state index < -0.39 is 0 Å². The van der Waals surface area contributed by atoms with Crippen LogP contribution in [-0.4, -0.2) is 44.1 Å². The van der Waals surface area contributed by atoms with Crippen LogP contribution in [-0.2, 0) is 5.54 Å². The van der Waals surface area contributed by atoms with E-state index in [-0.39, 0.29) is 11.6 Å². The van der Waals surface area contributed by atoms with Crippen molar-refractivity contribution in [2.45, 2.75) is 50.2 Å². The molecule has 0 unspecified atom stereocenters. The number of nitrogens with zero attached hydrogens (tertiary/aromatic N) is 5. The quantitative estimate of drug-likeness (QED) is 0.465. The third-order valence-corrected chi connectivity index (χ3v) is 7.06. The number of anilines is 1. The Kier molecular flexibility index (Phi) is 3.91. The molecule has 1 saturated heterocycles. The Balaban J connectivity index is 1.38. The zero-order valence-corrected chi connectivity index (χ0v) is 18.4. The maximum Gasteiger partial charge on any atom is 0.164 e. The molecule has 33 heavy (non-hydrogen) atoms. The first kappa shape index (κ1) is 19.0. The molecule has 168 valence electrons. The van der Waals surface area contributed by atoms with Crippen LogP contribution in [0.1, 0.15) is 44.3 Å². The summed E-state index contributed by atoms with van der Waals surface area (Å²) in [5, 5.41) is 13.5. The average molecular weight is 444 g/mol. The van der Waals surface area contributed by atoms with Gasteiger partial charge in [0.05, 0.1) is 16.5 Å². The molecule has 4 aromatic rings. The van der Waals surface area contributed by atoms with Gasteiger partial charge in [-0.1, -0.05) is 17.3 Å². The first-order chi connectivity index (χ1) is 16.1. The molecule has 4 heterocycles. The van der Waals surface area contributed by atoms with Gasteiger partial charge in [0.1, 0.15) is 41.1 Å². The van der Waals surface area contributed by atoms with Crippen LogP contribution in [0.4, 0.5) is 5.82 Å². The fraction of sp³-hybridized carbons (Fsp3) is 0.417. The molecule has 1 aromatic carbocycles. The molecule has 9 nitrogen and oxygen atoms in total. The van der Waals surface area contributed by atoms with Crippen molar-refractivity contribution in [1.82, 2.24) is 30.2 Å². The average Bonchev–Trinajstić information content (AvgIpc) is 3.69. The van der Waals surface area contributed by atoms with Gasteiger partial charge >= 0.3 is 0 Å². The highest BCUT2D eigenvalue weighted by molar-refractivity contribution is 6.00. The molecule has 3 fully saturated rings. The number of hydrogen-bond acceptors (Lipinski definition) is 8. The number of nitrogens with two attached hydrogens (primary N) is 1. The van der Waals surface area contributed by atoms with Gasteiger partial charge in [0.25, 0.3) is 0 Å². The van der Waals surface area contributed by atoms with Crippen molar-refractivity contribution in [2.24, 2.45) is 0 Å². The molecule has 2 aliphatic carbocycles. The topological polar surface area (TPSA) is 117 Å². The van der Waals surface area contributed by atoms with Gasteiger partial charge in [0, 0.05) is 19.0 Å². The van der Waals surface area contributed by atoms with E-state index in [1.807, 2.05) is 16.8 Å². The van der Waals surface area contributed by atoms with Crippen molar-refractivity contribution in [3.8, 4) is 28.3 Å². The highest BCUT2D eigenvalue weighted by Crippen LogP contribution is 2.50. The Bertz CT molecular complexity index is 1360. The SMILES string of the molecule is CC1(n2nc(-c3noc(C4CC4)c3-c3ccc(OC4CNC4)cc3)c3c(N)ncnc32)CC1. The second-order valence-electron chi connectivity index (χ2n) is 9.68. The number of nitrogens with one attached hydrogen (secondary N) is 1. The molecule has 1 aliphatic heterocycles. The predicted octanol–water partition coefficient (Wildman–Crippen LogP) is 3.47. The summed E-state index contributed by atoms with van der Waals surface area (Å²) in [6, 6.07) is 8.18. The maximum atomic E-state index is 6.34. The van der Waals surface area contributed by atoms with Crippen LogP contribution in [0.25, 0.3) is 33.5 Å². The van der Waals surface area contributed by atoms with Crippen LogP contribution in [0.2, 0.25) is 0 Å². The fourth-order valence-electron chi connectivity index (χ4n) is 4.52. The van der Waals surface area contributed by atoms with Crippen molar-refractivity contribution in [3.05, 3.63) is 36.4 Å². The first-order valence-corrected chi connectivity index (χ1v) is 11.6. The normalized spacial score (nSPS) is 19.5. The Hall–Kier alpha value is -3.46. The minimum Gasteiger partial charge on any atom is -0.488 e. The van der Waals surface area contributed by atoms with E-state index in [0.717, 1.165) is 72.4 Å². The minimum absolute atomic E-state index is 0.0458. The van der Waals surface area contributed by atoms with Crippen LogP contribution < -0.4 is 15.8 Å². The van der Waals surface area contributed by atoms with E-state index in [0.29, 0.717) is 23.1 Å². The molecular weight excluding hydrogens is 418 g/mol. The lowest BCUT2D eigenvalue weighted by atomic mass is 9.99. The molecule has 3 aromatic heterocycles. The molecule has 0 radical (unpaired) electrons. The second kappa shape index (κ2) is 6.77. The molecule has 0 bridgehead atoms. The van der Waals surface area contributed by atoms with Gasteiger partial charge in [-0.2, -0.15) is 5.10 Å². The van der Waals surface area contributed by atoms with Crippen molar-refractivity contribution < 1.29 is 9.26 Å². The van der Waals surface area contributed by atoms with Crippen LogP contribution >= 0.6 is 0 Å². The number of hydrogen-bond donors (Lipinski definition) is 2. The summed E-state index contributed by atoms with van der Waals surface area (Å²) in [4.78, 5) is 8.79. The van der Waals surface area contributed by atoms with E-state index in [1.165, 1.54) is 6.33 Å². The Morgan fingerprint density at radius 2 is 1.91 bits per heavy atom. The summed E-state index contributed by atoms with van der Waals surface area (Å²) in [6.45, 7) is 3.97. The van der Waals surface area contributed by atoms with Crippen molar-refractivity contribution >= 4 is 16.9 Å².